The molecule has 2 aliphatic heterocycles. The van der Waals surface area contributed by atoms with Crippen LogP contribution in [-0.2, 0) is 29.7 Å². The van der Waals surface area contributed by atoms with E-state index in [9.17, 15) is 34.0 Å². The zero-order valence-electron chi connectivity index (χ0n) is 25.1. The fourth-order valence-electron chi connectivity index (χ4n) is 5.04. The van der Waals surface area contributed by atoms with Gasteiger partial charge in [-0.15, -0.1) is 0 Å². The number of likely N-dealkylation sites (tertiary alicyclic amines) is 1. The van der Waals surface area contributed by atoms with Crippen LogP contribution < -0.4 is 16.2 Å². The van der Waals surface area contributed by atoms with Crippen molar-refractivity contribution in [2.45, 2.75) is 48.7 Å². The van der Waals surface area contributed by atoms with Crippen LogP contribution in [0.4, 0.5) is 0 Å². The van der Waals surface area contributed by atoms with Gasteiger partial charge in [-0.3, -0.25) is 24.0 Å². The topological polar surface area (TPSA) is 182 Å². The first-order valence-electron chi connectivity index (χ1n) is 14.2. The highest BCUT2D eigenvalue weighted by Crippen LogP contribution is 2.25. The summed E-state index contributed by atoms with van der Waals surface area (Å²) in [5, 5.41) is 15.1. The van der Waals surface area contributed by atoms with Gasteiger partial charge in [0, 0.05) is 38.2 Å². The Bertz CT molecular complexity index is 1590. The van der Waals surface area contributed by atoms with E-state index in [-0.39, 0.29) is 33.9 Å². The van der Waals surface area contributed by atoms with E-state index in [1.807, 2.05) is 6.07 Å². The molecular formula is C30H34N6O7S2. The number of esters is 1. The van der Waals surface area contributed by atoms with Gasteiger partial charge in [0.25, 0.3) is 0 Å². The second-order valence-electron chi connectivity index (χ2n) is 10.8. The highest BCUT2D eigenvalue weighted by atomic mass is 32.2. The van der Waals surface area contributed by atoms with Crippen LogP contribution >= 0.6 is 23.5 Å². The molecule has 1 aromatic carbocycles. The maximum atomic E-state index is 13.5. The van der Waals surface area contributed by atoms with Gasteiger partial charge in [0.2, 0.25) is 29.2 Å². The number of benzene rings is 1. The predicted octanol–water partition coefficient (Wildman–Crippen LogP) is 0.800. The average molecular weight is 655 g/mol. The predicted molar refractivity (Wildman–Crippen MR) is 167 cm³/mol. The number of hydrogen-bond acceptors (Lipinski definition) is 10. The van der Waals surface area contributed by atoms with Crippen molar-refractivity contribution >= 4 is 53.1 Å². The lowest BCUT2D eigenvalue weighted by Gasteiger charge is -2.28. The summed E-state index contributed by atoms with van der Waals surface area (Å²) < 4.78 is 5.48. The number of carbonyl (C=O) groups excluding carboxylic acids is 5. The normalized spacial score (nSPS) is 20.4. The lowest BCUT2D eigenvalue weighted by Crippen LogP contribution is -2.58. The molecule has 15 heteroatoms. The molecule has 238 valence electrons. The highest BCUT2D eigenvalue weighted by Gasteiger charge is 2.37. The van der Waals surface area contributed by atoms with E-state index in [0.717, 1.165) is 11.8 Å². The molecule has 45 heavy (non-hydrogen) atoms. The molecule has 3 heterocycles. The number of H-pyrrole nitrogens is 1. The van der Waals surface area contributed by atoms with Crippen LogP contribution in [0.3, 0.4) is 0 Å². The zero-order chi connectivity index (χ0) is 32.7. The van der Waals surface area contributed by atoms with E-state index >= 15 is 0 Å². The second-order valence-corrected chi connectivity index (χ2v) is 12.8. The Kier molecular flexibility index (Phi) is 11.3. The Morgan fingerprint density at radius 1 is 1.22 bits per heavy atom. The number of aromatic nitrogens is 1. The van der Waals surface area contributed by atoms with Crippen LogP contribution in [0.15, 0.2) is 40.2 Å². The number of nitrogens with one attached hydrogen (secondary N) is 3. The van der Waals surface area contributed by atoms with Gasteiger partial charge in [-0.05, 0) is 37.0 Å². The van der Waals surface area contributed by atoms with Crippen LogP contribution in [0, 0.1) is 18.3 Å². The molecule has 3 N–H and O–H groups in total. The molecule has 0 bridgehead atoms. The molecule has 0 saturated carbocycles. The summed E-state index contributed by atoms with van der Waals surface area (Å²) in [5.41, 5.74) is 1.39. The van der Waals surface area contributed by atoms with E-state index in [1.165, 1.54) is 27.6 Å². The molecule has 2 aliphatic rings. The van der Waals surface area contributed by atoms with E-state index in [0.29, 0.717) is 41.8 Å². The van der Waals surface area contributed by atoms with E-state index in [1.54, 1.807) is 45.3 Å². The molecule has 0 unspecified atom stereocenters. The Balaban J connectivity index is 1.50. The van der Waals surface area contributed by atoms with Gasteiger partial charge in [-0.25, -0.2) is 4.79 Å². The molecule has 0 aliphatic carbocycles. The van der Waals surface area contributed by atoms with Crippen molar-refractivity contribution < 1.29 is 28.7 Å². The van der Waals surface area contributed by atoms with E-state index in [2.05, 4.69) is 15.6 Å². The number of rotatable bonds is 6. The molecule has 13 nitrogen and oxygen atoms in total. The van der Waals surface area contributed by atoms with Crippen molar-refractivity contribution in [2.75, 3.05) is 38.8 Å². The van der Waals surface area contributed by atoms with E-state index < -0.39 is 48.1 Å². The standard InChI is InChI=1S/C30H34N6O7S2/c1-17-11-24(37)34-28(20(17)12-31)45-16-25(38)36-10-6-9-23(36)27(40)32-21-13-43-30(42)19-8-5-4-7-18(19)14-44-15-22(33-26(21)39)29(41)35(2)3/h4-5,7-8,11,21-23H,6,9-10,13-16H2,1-3H3,(H,32,40)(H,33,39)(H,34,37)/t21-,22-,23+/m1/s1. The molecule has 3 atom stereocenters. The number of hydrogen-bond donors (Lipinski definition) is 3. The Morgan fingerprint density at radius 2 is 1.98 bits per heavy atom. The zero-order valence-corrected chi connectivity index (χ0v) is 26.7. The van der Waals surface area contributed by atoms with Crippen molar-refractivity contribution in [2.24, 2.45) is 0 Å². The number of aromatic amines is 1. The van der Waals surface area contributed by atoms with Crippen molar-refractivity contribution in [1.82, 2.24) is 25.4 Å². The van der Waals surface area contributed by atoms with Crippen LogP contribution in [0.2, 0.25) is 0 Å². The van der Waals surface area contributed by atoms with Gasteiger partial charge in [-0.2, -0.15) is 17.0 Å². The van der Waals surface area contributed by atoms with E-state index in [4.69, 9.17) is 4.74 Å². The first kappa shape index (κ1) is 33.6. The average Bonchev–Trinajstić information content (AvgIpc) is 3.50. The van der Waals surface area contributed by atoms with Gasteiger partial charge < -0.3 is 30.2 Å². The molecule has 0 radical (unpaired) electrons. The first-order chi connectivity index (χ1) is 21.5. The van der Waals surface area contributed by atoms with Crippen molar-refractivity contribution in [3.05, 3.63) is 62.9 Å². The van der Waals surface area contributed by atoms with Crippen molar-refractivity contribution in [3.63, 3.8) is 0 Å². The molecule has 4 rings (SSSR count). The van der Waals surface area contributed by atoms with Crippen LogP contribution in [0.1, 0.15) is 39.9 Å². The molecular weight excluding hydrogens is 620 g/mol. The summed E-state index contributed by atoms with van der Waals surface area (Å²) in [5.74, 6) is -2.17. The minimum atomic E-state index is -1.34. The molecule has 1 fully saturated rings. The van der Waals surface area contributed by atoms with Crippen LogP contribution in [-0.4, -0.2) is 101 Å². The van der Waals surface area contributed by atoms with Gasteiger partial charge in [0.15, 0.2) is 0 Å². The van der Waals surface area contributed by atoms with Crippen LogP contribution in [0.25, 0.3) is 0 Å². The Labute approximate surface area is 268 Å². The monoisotopic (exact) mass is 654 g/mol. The summed E-state index contributed by atoms with van der Waals surface area (Å²) in [6.07, 6.45) is 0.880. The van der Waals surface area contributed by atoms with Crippen molar-refractivity contribution in [3.8, 4) is 6.07 Å². The maximum Gasteiger partial charge on any atom is 0.338 e. The fourth-order valence-corrected chi connectivity index (χ4v) is 7.05. The minimum Gasteiger partial charge on any atom is -0.459 e. The SMILES string of the molecule is Cc1cc(=O)[nH]c(SCC(=O)N2CCC[C@H]2C(=O)N[C@@H]2COC(=O)c3ccccc3CSC[C@H](C(=O)N(C)C)NC2=O)c1C#N. The number of aryl methyl sites for hydroxylation is 1. The lowest BCUT2D eigenvalue weighted by atomic mass is 10.1. The Morgan fingerprint density at radius 3 is 2.71 bits per heavy atom. The largest absolute Gasteiger partial charge is 0.459 e. The quantitative estimate of drug-likeness (QED) is 0.298. The number of carbonyl (C=O) groups is 5. The van der Waals surface area contributed by atoms with Gasteiger partial charge in [0.1, 0.15) is 30.8 Å². The lowest BCUT2D eigenvalue weighted by molar-refractivity contribution is -0.139. The van der Waals surface area contributed by atoms with Gasteiger partial charge >= 0.3 is 5.97 Å². The molecule has 1 saturated heterocycles. The smallest absolute Gasteiger partial charge is 0.338 e. The number of nitrogens with zero attached hydrogens (tertiary/aromatic N) is 3. The summed E-state index contributed by atoms with van der Waals surface area (Å²) in [6, 6.07) is 7.10. The summed E-state index contributed by atoms with van der Waals surface area (Å²) >= 11 is 2.37. The third-order valence-electron chi connectivity index (χ3n) is 7.38. The number of amides is 4. The number of nitriles is 1. The minimum absolute atomic E-state index is 0.134. The third-order valence-corrected chi connectivity index (χ3v) is 9.45. The molecule has 2 aromatic rings. The number of fused-ring (bicyclic) bond motifs is 1. The fraction of sp³-hybridized carbons (Fsp3) is 0.433. The van der Waals surface area contributed by atoms with Gasteiger partial charge in [0.05, 0.1) is 21.9 Å². The summed E-state index contributed by atoms with van der Waals surface area (Å²) in [7, 11) is 3.15. The Hall–Kier alpha value is -4.29. The van der Waals surface area contributed by atoms with Gasteiger partial charge in [-0.1, -0.05) is 30.0 Å². The molecule has 4 amide bonds. The molecule has 1 aromatic heterocycles. The highest BCUT2D eigenvalue weighted by molar-refractivity contribution is 8.00. The van der Waals surface area contributed by atoms with Crippen LogP contribution in [0.5, 0.6) is 0 Å². The summed E-state index contributed by atoms with van der Waals surface area (Å²) in [4.78, 5) is 83.3. The number of thioether (sulfide) groups is 2. The number of cyclic esters (lactones) is 1. The summed E-state index contributed by atoms with van der Waals surface area (Å²) in [6.45, 7) is 1.44. The molecule has 0 spiro atoms. The number of ether oxygens (including phenoxy) is 1. The number of pyridine rings is 1. The first-order valence-corrected chi connectivity index (χ1v) is 16.3. The maximum absolute atomic E-state index is 13.5. The third kappa shape index (κ3) is 8.25. The van der Waals surface area contributed by atoms with Crippen molar-refractivity contribution in [1.29, 1.82) is 5.26 Å². The second kappa shape index (κ2) is 15.1. The number of likely N-dealkylation sites (N-methyl/N-ethyl adjacent to an activating group) is 1.